The first-order valence-corrected chi connectivity index (χ1v) is 5.76. The van der Waals surface area contributed by atoms with Crippen molar-refractivity contribution in [1.82, 2.24) is 15.0 Å². The Balaban J connectivity index is 2.71. The van der Waals surface area contributed by atoms with Gasteiger partial charge in [0.05, 0.1) is 0 Å². The van der Waals surface area contributed by atoms with E-state index in [2.05, 4.69) is 10.3 Å². The van der Waals surface area contributed by atoms with Crippen molar-refractivity contribution >= 4 is 34.8 Å². The number of aromatic nitrogens is 3. The Morgan fingerprint density at radius 1 is 1.28 bits per heavy atom. The lowest BCUT2D eigenvalue weighted by atomic mass is 10.3. The predicted molar refractivity (Wildman–Crippen MR) is 65.3 cm³/mol. The van der Waals surface area contributed by atoms with Gasteiger partial charge in [-0.25, -0.2) is 9.07 Å². The number of benzene rings is 1. The second-order valence-electron chi connectivity index (χ2n) is 3.26. The third kappa shape index (κ3) is 2.27. The maximum atomic E-state index is 13.7. The van der Waals surface area contributed by atoms with Crippen LogP contribution >= 0.6 is 34.8 Å². The average molecular weight is 306 g/mol. The summed E-state index contributed by atoms with van der Waals surface area (Å²) in [5, 5.41) is 16.1. The molecule has 1 aromatic carbocycles. The highest BCUT2D eigenvalue weighted by molar-refractivity contribution is 6.66. The Bertz CT molecular complexity index is 627. The number of para-hydroxylation sites is 1. The first-order chi connectivity index (χ1) is 8.45. The van der Waals surface area contributed by atoms with Crippen LogP contribution in [0.3, 0.4) is 0 Å². The molecule has 0 aliphatic rings. The van der Waals surface area contributed by atoms with Crippen molar-refractivity contribution in [2.45, 2.75) is 3.79 Å². The van der Waals surface area contributed by atoms with Crippen molar-refractivity contribution < 1.29 is 4.39 Å². The molecule has 1 heterocycles. The lowest BCUT2D eigenvalue weighted by Crippen LogP contribution is -2.13. The summed E-state index contributed by atoms with van der Waals surface area (Å²) in [6.07, 6.45) is 0. The average Bonchev–Trinajstić information content (AvgIpc) is 2.73. The second kappa shape index (κ2) is 4.73. The van der Waals surface area contributed by atoms with Gasteiger partial charge in [-0.05, 0) is 12.1 Å². The second-order valence-corrected chi connectivity index (χ2v) is 5.54. The quantitative estimate of drug-likeness (QED) is 0.761. The van der Waals surface area contributed by atoms with E-state index in [1.807, 2.05) is 0 Å². The van der Waals surface area contributed by atoms with E-state index >= 15 is 0 Å². The van der Waals surface area contributed by atoms with Gasteiger partial charge in [0.25, 0.3) is 0 Å². The molecule has 2 aromatic rings. The summed E-state index contributed by atoms with van der Waals surface area (Å²) in [6.45, 7) is 0. The smallest absolute Gasteiger partial charge is 0.209 e. The summed E-state index contributed by atoms with van der Waals surface area (Å²) >= 11 is 17.2. The van der Waals surface area contributed by atoms with Gasteiger partial charge in [-0.1, -0.05) is 52.1 Å². The van der Waals surface area contributed by atoms with Crippen molar-refractivity contribution in [3.05, 3.63) is 41.5 Å². The van der Waals surface area contributed by atoms with Crippen LogP contribution in [0.5, 0.6) is 0 Å². The van der Waals surface area contributed by atoms with Crippen molar-refractivity contribution in [3.63, 3.8) is 0 Å². The number of hydrogen-bond acceptors (Lipinski definition) is 3. The molecule has 0 spiro atoms. The molecular formula is C10H4Cl3FN4. The van der Waals surface area contributed by atoms with E-state index in [9.17, 15) is 4.39 Å². The largest absolute Gasteiger partial charge is 0.235 e. The molecule has 18 heavy (non-hydrogen) atoms. The molecule has 0 bridgehead atoms. The van der Waals surface area contributed by atoms with Gasteiger partial charge in [0.15, 0.2) is 5.69 Å². The van der Waals surface area contributed by atoms with E-state index in [1.165, 1.54) is 18.2 Å². The number of nitrogens with zero attached hydrogens (tertiary/aromatic N) is 4. The Labute approximate surface area is 116 Å². The predicted octanol–water partition coefficient (Wildman–Crippen LogP) is 3.10. The number of rotatable bonds is 1. The summed E-state index contributed by atoms with van der Waals surface area (Å²) < 4.78 is 12.7. The van der Waals surface area contributed by atoms with E-state index in [0.29, 0.717) is 0 Å². The number of nitriles is 1. The highest BCUT2D eigenvalue weighted by Crippen LogP contribution is 2.40. The number of alkyl halides is 3. The number of halogens is 4. The topological polar surface area (TPSA) is 54.5 Å². The first-order valence-electron chi connectivity index (χ1n) is 4.63. The minimum atomic E-state index is -1.93. The van der Waals surface area contributed by atoms with Crippen LogP contribution in [0.4, 0.5) is 4.39 Å². The minimum absolute atomic E-state index is 0.0489. The van der Waals surface area contributed by atoms with Crippen LogP contribution in [-0.4, -0.2) is 15.0 Å². The zero-order valence-corrected chi connectivity index (χ0v) is 10.9. The molecule has 2 rings (SSSR count). The van der Waals surface area contributed by atoms with E-state index < -0.39 is 9.61 Å². The molecular weight excluding hydrogens is 301 g/mol. The Morgan fingerprint density at radius 3 is 2.50 bits per heavy atom. The van der Waals surface area contributed by atoms with E-state index in [0.717, 1.165) is 4.68 Å². The molecule has 0 saturated heterocycles. The molecule has 0 saturated carbocycles. The third-order valence-electron chi connectivity index (χ3n) is 2.13. The third-order valence-corrected chi connectivity index (χ3v) is 2.66. The summed E-state index contributed by atoms with van der Waals surface area (Å²) in [5.74, 6) is -0.567. The van der Waals surface area contributed by atoms with Crippen LogP contribution < -0.4 is 0 Å². The van der Waals surface area contributed by atoms with E-state index in [1.54, 1.807) is 12.1 Å². The molecule has 92 valence electrons. The van der Waals surface area contributed by atoms with Gasteiger partial charge in [-0.15, -0.1) is 5.10 Å². The Hall–Kier alpha value is -1.35. The SMILES string of the molecule is N#Cc1nnn(-c2ccccc2F)c1C(Cl)(Cl)Cl. The van der Waals surface area contributed by atoms with E-state index in [-0.39, 0.29) is 17.1 Å². The summed E-state index contributed by atoms with van der Waals surface area (Å²) in [5.41, 5.74) is -0.217. The van der Waals surface area contributed by atoms with Crippen LogP contribution in [0, 0.1) is 17.1 Å². The van der Waals surface area contributed by atoms with Crippen molar-refractivity contribution in [2.75, 3.05) is 0 Å². The van der Waals surface area contributed by atoms with Crippen molar-refractivity contribution in [2.24, 2.45) is 0 Å². The summed E-state index contributed by atoms with van der Waals surface area (Å²) in [4.78, 5) is 0. The fourth-order valence-electron chi connectivity index (χ4n) is 1.40. The molecule has 0 aliphatic carbocycles. The fraction of sp³-hybridized carbons (Fsp3) is 0.100. The van der Waals surface area contributed by atoms with E-state index in [4.69, 9.17) is 40.1 Å². The van der Waals surface area contributed by atoms with Crippen LogP contribution in [0.2, 0.25) is 0 Å². The van der Waals surface area contributed by atoms with Gasteiger partial charge in [0, 0.05) is 0 Å². The maximum absolute atomic E-state index is 13.7. The van der Waals surface area contributed by atoms with Crippen LogP contribution in [0.15, 0.2) is 24.3 Å². The monoisotopic (exact) mass is 304 g/mol. The van der Waals surface area contributed by atoms with Gasteiger partial charge in [-0.2, -0.15) is 5.26 Å². The van der Waals surface area contributed by atoms with Gasteiger partial charge in [-0.3, -0.25) is 0 Å². The molecule has 0 aliphatic heterocycles. The molecule has 1 aromatic heterocycles. The van der Waals surface area contributed by atoms with Crippen LogP contribution in [0.1, 0.15) is 11.4 Å². The zero-order valence-electron chi connectivity index (χ0n) is 8.61. The normalized spacial score (nSPS) is 11.3. The highest BCUT2D eigenvalue weighted by Gasteiger charge is 2.34. The molecule has 0 atom stereocenters. The summed E-state index contributed by atoms with van der Waals surface area (Å²) in [6, 6.07) is 7.51. The lowest BCUT2D eigenvalue weighted by molar-refractivity contribution is 0.603. The lowest BCUT2D eigenvalue weighted by Gasteiger charge is -2.13. The van der Waals surface area contributed by atoms with Gasteiger partial charge in [0.2, 0.25) is 3.79 Å². The molecule has 0 N–H and O–H groups in total. The number of hydrogen-bond donors (Lipinski definition) is 0. The highest BCUT2D eigenvalue weighted by atomic mass is 35.6. The molecule has 0 fully saturated rings. The molecule has 4 nitrogen and oxygen atoms in total. The molecule has 0 amide bonds. The molecule has 0 radical (unpaired) electrons. The maximum Gasteiger partial charge on any atom is 0.235 e. The Morgan fingerprint density at radius 2 is 1.94 bits per heavy atom. The zero-order chi connectivity index (χ0) is 13.3. The van der Waals surface area contributed by atoms with Gasteiger partial charge in [0.1, 0.15) is 23.3 Å². The Kier molecular flexibility index (Phi) is 3.44. The van der Waals surface area contributed by atoms with Crippen molar-refractivity contribution in [1.29, 1.82) is 5.26 Å². The minimum Gasteiger partial charge on any atom is -0.209 e. The molecule has 0 unspecified atom stereocenters. The van der Waals surface area contributed by atoms with Crippen molar-refractivity contribution in [3.8, 4) is 11.8 Å². The van der Waals surface area contributed by atoms with Gasteiger partial charge < -0.3 is 0 Å². The summed E-state index contributed by atoms with van der Waals surface area (Å²) in [7, 11) is 0. The first kappa shape index (κ1) is 13.1. The standard InChI is InChI=1S/C10H4Cl3FN4/c11-10(12,13)9-7(5-15)16-17-18(9)8-4-2-1-3-6(8)14/h1-4H. The fourth-order valence-corrected chi connectivity index (χ4v) is 1.91. The molecule has 8 heteroatoms. The van der Waals surface area contributed by atoms with Crippen LogP contribution in [0.25, 0.3) is 5.69 Å². The van der Waals surface area contributed by atoms with Gasteiger partial charge >= 0.3 is 0 Å². The van der Waals surface area contributed by atoms with Crippen LogP contribution in [-0.2, 0) is 3.79 Å².